The fourth-order valence-electron chi connectivity index (χ4n) is 2.33. The summed E-state index contributed by atoms with van der Waals surface area (Å²) >= 11 is 10.3. The van der Waals surface area contributed by atoms with Crippen LogP contribution in [-0.4, -0.2) is 40.3 Å². The van der Waals surface area contributed by atoms with Gasteiger partial charge in [-0.1, -0.05) is 11.8 Å². The van der Waals surface area contributed by atoms with Crippen LogP contribution in [0.2, 0.25) is 0 Å². The number of thioether (sulfide) groups is 2. The zero-order valence-electron chi connectivity index (χ0n) is 12.2. The van der Waals surface area contributed by atoms with Crippen LogP contribution in [0.5, 0.6) is 0 Å². The van der Waals surface area contributed by atoms with Gasteiger partial charge in [-0.25, -0.2) is 4.98 Å². The van der Waals surface area contributed by atoms with E-state index in [9.17, 15) is 4.79 Å². The molecule has 1 aliphatic rings. The SMILES string of the molecule is CSCC[C@H]1NC(=S)N(c2ccc3nc(SC)sc3c2)C1=O. The first-order valence-electron chi connectivity index (χ1n) is 6.72. The summed E-state index contributed by atoms with van der Waals surface area (Å²) in [5, 5.41) is 3.62. The number of thiazole rings is 1. The number of rotatable bonds is 5. The van der Waals surface area contributed by atoms with Gasteiger partial charge in [0.15, 0.2) is 9.45 Å². The number of thiocarbonyl (C=S) groups is 1. The molecule has 0 saturated carbocycles. The van der Waals surface area contributed by atoms with E-state index in [2.05, 4.69) is 10.3 Å². The van der Waals surface area contributed by atoms with Gasteiger partial charge in [0.25, 0.3) is 5.91 Å². The molecule has 0 aliphatic carbocycles. The number of fused-ring (bicyclic) bond motifs is 1. The maximum atomic E-state index is 12.6. The third-order valence-electron chi connectivity index (χ3n) is 3.42. The molecule has 1 aromatic heterocycles. The molecule has 8 heteroatoms. The van der Waals surface area contributed by atoms with Crippen molar-refractivity contribution in [1.82, 2.24) is 10.3 Å². The first-order chi connectivity index (χ1) is 10.6. The van der Waals surface area contributed by atoms with Gasteiger partial charge >= 0.3 is 0 Å². The lowest BCUT2D eigenvalue weighted by Gasteiger charge is -2.14. The first kappa shape index (κ1) is 16.0. The molecule has 0 unspecified atom stereocenters. The normalized spacial score (nSPS) is 18.3. The van der Waals surface area contributed by atoms with Crippen LogP contribution in [0.25, 0.3) is 10.2 Å². The number of benzene rings is 1. The summed E-state index contributed by atoms with van der Waals surface area (Å²) in [5.74, 6) is 0.971. The fourth-order valence-corrected chi connectivity index (χ4v) is 4.66. The van der Waals surface area contributed by atoms with Crippen LogP contribution < -0.4 is 10.2 Å². The minimum absolute atomic E-state index is 0.0352. The highest BCUT2D eigenvalue weighted by molar-refractivity contribution is 8.00. The van der Waals surface area contributed by atoms with Gasteiger partial charge in [-0.2, -0.15) is 11.8 Å². The van der Waals surface area contributed by atoms with E-state index < -0.39 is 0 Å². The molecule has 0 bridgehead atoms. The van der Waals surface area contributed by atoms with Crippen LogP contribution in [0.4, 0.5) is 5.69 Å². The highest BCUT2D eigenvalue weighted by atomic mass is 32.2. The Hall–Kier alpha value is -0.830. The Kier molecular flexibility index (Phi) is 4.91. The highest BCUT2D eigenvalue weighted by Crippen LogP contribution is 2.32. The minimum atomic E-state index is -0.209. The van der Waals surface area contributed by atoms with E-state index in [1.807, 2.05) is 30.7 Å². The topological polar surface area (TPSA) is 45.2 Å². The third-order valence-corrected chi connectivity index (χ3v) is 6.36. The molecule has 1 N–H and O–H groups in total. The molecule has 0 spiro atoms. The highest BCUT2D eigenvalue weighted by Gasteiger charge is 2.36. The van der Waals surface area contributed by atoms with E-state index in [0.29, 0.717) is 5.11 Å². The molecule has 2 aromatic rings. The average Bonchev–Trinajstić information content (AvgIpc) is 3.05. The molecule has 0 radical (unpaired) electrons. The zero-order chi connectivity index (χ0) is 15.7. The second kappa shape index (κ2) is 6.74. The Labute approximate surface area is 147 Å². The lowest BCUT2D eigenvalue weighted by atomic mass is 10.2. The van der Waals surface area contributed by atoms with Crippen molar-refractivity contribution in [1.29, 1.82) is 0 Å². The molecule has 2 heterocycles. The summed E-state index contributed by atoms with van der Waals surface area (Å²) in [7, 11) is 0. The third kappa shape index (κ3) is 2.97. The number of nitrogens with zero attached hydrogens (tertiary/aromatic N) is 2. The van der Waals surface area contributed by atoms with Gasteiger partial charge in [0.05, 0.1) is 15.9 Å². The first-order valence-corrected chi connectivity index (χ1v) is 10.6. The Bertz CT molecular complexity index is 730. The maximum absolute atomic E-state index is 12.6. The van der Waals surface area contributed by atoms with Gasteiger partial charge in [-0.3, -0.25) is 9.69 Å². The number of aromatic nitrogens is 1. The number of amides is 1. The van der Waals surface area contributed by atoms with Crippen LogP contribution in [0, 0.1) is 0 Å². The van der Waals surface area contributed by atoms with E-state index in [-0.39, 0.29) is 11.9 Å². The van der Waals surface area contributed by atoms with Gasteiger partial charge in [-0.05, 0) is 55.1 Å². The summed E-state index contributed by atoms with van der Waals surface area (Å²) in [5.41, 5.74) is 1.78. The fraction of sp³-hybridized carbons (Fsp3) is 0.357. The molecule has 22 heavy (non-hydrogen) atoms. The Morgan fingerprint density at radius 3 is 3.00 bits per heavy atom. The molecule has 1 saturated heterocycles. The molecule has 1 fully saturated rings. The molecular weight excluding hydrogens is 354 g/mol. The van der Waals surface area contributed by atoms with Crippen molar-refractivity contribution in [3.63, 3.8) is 0 Å². The van der Waals surface area contributed by atoms with E-state index in [0.717, 1.165) is 32.4 Å². The second-order valence-corrected chi connectivity index (χ2v) is 8.25. The van der Waals surface area contributed by atoms with Crippen molar-refractivity contribution in [3.05, 3.63) is 18.2 Å². The van der Waals surface area contributed by atoms with Crippen LogP contribution in [0.3, 0.4) is 0 Å². The van der Waals surface area contributed by atoms with Gasteiger partial charge in [0.1, 0.15) is 6.04 Å². The number of anilines is 1. The largest absolute Gasteiger partial charge is 0.350 e. The summed E-state index contributed by atoms with van der Waals surface area (Å²) in [6, 6.07) is 5.65. The molecule has 1 atom stereocenters. The number of hydrogen-bond acceptors (Lipinski definition) is 6. The maximum Gasteiger partial charge on any atom is 0.255 e. The van der Waals surface area contributed by atoms with Crippen LogP contribution >= 0.6 is 47.1 Å². The Morgan fingerprint density at radius 1 is 1.45 bits per heavy atom. The van der Waals surface area contributed by atoms with Crippen LogP contribution in [0.1, 0.15) is 6.42 Å². The van der Waals surface area contributed by atoms with Gasteiger partial charge in [-0.15, -0.1) is 11.3 Å². The number of carbonyl (C=O) groups is 1. The van der Waals surface area contributed by atoms with Crippen molar-refractivity contribution in [2.75, 3.05) is 23.2 Å². The summed E-state index contributed by atoms with van der Waals surface area (Å²) in [6.07, 6.45) is 4.84. The average molecular weight is 370 g/mol. The predicted molar refractivity (Wildman–Crippen MR) is 101 cm³/mol. The standard InChI is InChI=1S/C14H15N3OS4/c1-20-6-5-10-12(18)17(13(19)15-10)8-3-4-9-11(7-8)22-14(16-9)21-2/h3-4,7,10H,5-6H2,1-2H3,(H,15,19)/t10-/m1/s1. The quantitative estimate of drug-likeness (QED) is 0.644. The predicted octanol–water partition coefficient (Wildman–Crippen LogP) is 3.36. The molecule has 4 nitrogen and oxygen atoms in total. The Morgan fingerprint density at radius 2 is 2.27 bits per heavy atom. The van der Waals surface area contributed by atoms with Gasteiger partial charge in [0.2, 0.25) is 0 Å². The molecular formula is C14H15N3OS4. The summed E-state index contributed by atoms with van der Waals surface area (Å²) in [4.78, 5) is 18.7. The molecule has 1 aliphatic heterocycles. The van der Waals surface area contributed by atoms with Crippen molar-refractivity contribution in [2.24, 2.45) is 0 Å². The number of hydrogen-bond donors (Lipinski definition) is 1. The second-order valence-electron chi connectivity index (χ2n) is 4.79. The monoisotopic (exact) mass is 369 g/mol. The van der Waals surface area contributed by atoms with E-state index in [1.54, 1.807) is 39.8 Å². The van der Waals surface area contributed by atoms with Crippen molar-refractivity contribution < 1.29 is 4.79 Å². The van der Waals surface area contributed by atoms with E-state index in [1.165, 1.54) is 0 Å². The molecule has 1 aromatic carbocycles. The van der Waals surface area contributed by atoms with Gasteiger partial charge < -0.3 is 5.32 Å². The Balaban J connectivity index is 1.89. The van der Waals surface area contributed by atoms with Crippen molar-refractivity contribution >= 4 is 74.0 Å². The zero-order valence-corrected chi connectivity index (χ0v) is 15.4. The number of nitrogens with one attached hydrogen (secondary N) is 1. The molecule has 3 rings (SSSR count). The van der Waals surface area contributed by atoms with E-state index in [4.69, 9.17) is 12.2 Å². The summed E-state index contributed by atoms with van der Waals surface area (Å²) in [6.45, 7) is 0. The molecule has 116 valence electrons. The molecule has 1 amide bonds. The minimum Gasteiger partial charge on any atom is -0.350 e. The van der Waals surface area contributed by atoms with E-state index >= 15 is 0 Å². The van der Waals surface area contributed by atoms with Crippen molar-refractivity contribution in [2.45, 2.75) is 16.8 Å². The lowest BCUT2D eigenvalue weighted by molar-refractivity contribution is -0.118. The van der Waals surface area contributed by atoms with Crippen LogP contribution in [0.15, 0.2) is 22.5 Å². The van der Waals surface area contributed by atoms with Gasteiger partial charge in [0, 0.05) is 0 Å². The van der Waals surface area contributed by atoms with Crippen molar-refractivity contribution in [3.8, 4) is 0 Å². The summed E-state index contributed by atoms with van der Waals surface area (Å²) < 4.78 is 2.10. The smallest absolute Gasteiger partial charge is 0.255 e. The number of carbonyl (C=O) groups excluding carboxylic acids is 1. The lowest BCUT2D eigenvalue weighted by Crippen LogP contribution is -2.31. The van der Waals surface area contributed by atoms with Crippen LogP contribution in [-0.2, 0) is 4.79 Å².